The van der Waals surface area contributed by atoms with Gasteiger partial charge in [0, 0.05) is 31.7 Å². The standard InChI is InChI=1S/C12H19N5/c1-10(2)17(7-3-6-13)9-11-4-5-12(16-14)15-8-11/h4-5,8,10H,3,7,9,14H2,1-2H3,(H,15,16). The highest BCUT2D eigenvalue weighted by molar-refractivity contribution is 5.33. The Morgan fingerprint density at radius 1 is 1.53 bits per heavy atom. The molecule has 0 atom stereocenters. The van der Waals surface area contributed by atoms with Gasteiger partial charge < -0.3 is 5.43 Å². The molecule has 1 aromatic heterocycles. The lowest BCUT2D eigenvalue weighted by Gasteiger charge is -2.25. The van der Waals surface area contributed by atoms with Gasteiger partial charge in [0.25, 0.3) is 0 Å². The Balaban J connectivity index is 2.62. The molecule has 92 valence electrons. The lowest BCUT2D eigenvalue weighted by molar-refractivity contribution is 0.217. The summed E-state index contributed by atoms with van der Waals surface area (Å²) in [6.07, 6.45) is 2.35. The van der Waals surface area contributed by atoms with Gasteiger partial charge in [-0.05, 0) is 25.5 Å². The molecule has 0 fully saturated rings. The molecule has 0 spiro atoms. The maximum atomic E-state index is 8.62. The van der Waals surface area contributed by atoms with Gasteiger partial charge >= 0.3 is 0 Å². The zero-order chi connectivity index (χ0) is 12.7. The van der Waals surface area contributed by atoms with E-state index in [0.717, 1.165) is 18.7 Å². The van der Waals surface area contributed by atoms with Crippen molar-refractivity contribution in [3.8, 4) is 6.07 Å². The number of hydrogen-bond donors (Lipinski definition) is 2. The molecule has 1 heterocycles. The summed E-state index contributed by atoms with van der Waals surface area (Å²) < 4.78 is 0. The second-order valence-corrected chi connectivity index (χ2v) is 4.17. The summed E-state index contributed by atoms with van der Waals surface area (Å²) in [5.41, 5.74) is 3.62. The second-order valence-electron chi connectivity index (χ2n) is 4.17. The summed E-state index contributed by atoms with van der Waals surface area (Å²) in [6, 6.07) is 6.42. The highest BCUT2D eigenvalue weighted by Gasteiger charge is 2.09. The van der Waals surface area contributed by atoms with Crippen LogP contribution in [0.2, 0.25) is 0 Å². The fraction of sp³-hybridized carbons (Fsp3) is 0.500. The molecular formula is C12H19N5. The maximum Gasteiger partial charge on any atom is 0.139 e. The zero-order valence-corrected chi connectivity index (χ0v) is 10.3. The lowest BCUT2D eigenvalue weighted by atomic mass is 10.2. The van der Waals surface area contributed by atoms with Gasteiger partial charge in [-0.25, -0.2) is 10.8 Å². The number of hydrazine groups is 1. The Morgan fingerprint density at radius 3 is 2.76 bits per heavy atom. The highest BCUT2D eigenvalue weighted by atomic mass is 15.2. The number of nitriles is 1. The number of pyridine rings is 1. The van der Waals surface area contributed by atoms with Crippen molar-refractivity contribution >= 4 is 5.82 Å². The molecule has 0 radical (unpaired) electrons. The molecule has 17 heavy (non-hydrogen) atoms. The van der Waals surface area contributed by atoms with Crippen molar-refractivity contribution in [2.45, 2.75) is 32.9 Å². The van der Waals surface area contributed by atoms with E-state index in [1.807, 2.05) is 12.1 Å². The summed E-state index contributed by atoms with van der Waals surface area (Å²) in [7, 11) is 0. The first-order chi connectivity index (χ1) is 8.17. The van der Waals surface area contributed by atoms with Crippen LogP contribution in [-0.2, 0) is 6.54 Å². The number of nitrogens with zero attached hydrogens (tertiary/aromatic N) is 3. The number of rotatable bonds is 6. The summed E-state index contributed by atoms with van der Waals surface area (Å²) >= 11 is 0. The fourth-order valence-electron chi connectivity index (χ4n) is 1.55. The lowest BCUT2D eigenvalue weighted by Crippen LogP contribution is -2.31. The van der Waals surface area contributed by atoms with Crippen molar-refractivity contribution in [2.75, 3.05) is 12.0 Å². The molecule has 1 rings (SSSR count). The molecule has 5 nitrogen and oxygen atoms in total. The quantitative estimate of drug-likeness (QED) is 0.575. The zero-order valence-electron chi connectivity index (χ0n) is 10.3. The van der Waals surface area contributed by atoms with Gasteiger partial charge in [0.05, 0.1) is 6.07 Å². The molecule has 0 saturated carbocycles. The number of aromatic nitrogens is 1. The minimum absolute atomic E-state index is 0.413. The van der Waals surface area contributed by atoms with E-state index >= 15 is 0 Å². The van der Waals surface area contributed by atoms with Crippen molar-refractivity contribution in [3.05, 3.63) is 23.9 Å². The Labute approximate surface area is 102 Å². The summed E-state index contributed by atoms with van der Waals surface area (Å²) in [5, 5.41) is 8.62. The molecule has 5 heteroatoms. The average molecular weight is 233 g/mol. The molecule has 0 amide bonds. The van der Waals surface area contributed by atoms with E-state index < -0.39 is 0 Å². The van der Waals surface area contributed by atoms with Gasteiger partial charge in [-0.15, -0.1) is 0 Å². The topological polar surface area (TPSA) is 78.0 Å². The van der Waals surface area contributed by atoms with Gasteiger partial charge in [-0.2, -0.15) is 5.26 Å². The van der Waals surface area contributed by atoms with Crippen LogP contribution in [0.5, 0.6) is 0 Å². The predicted molar refractivity (Wildman–Crippen MR) is 67.8 cm³/mol. The van der Waals surface area contributed by atoms with Crippen LogP contribution in [0.25, 0.3) is 0 Å². The first kappa shape index (κ1) is 13.4. The third-order valence-electron chi connectivity index (χ3n) is 2.60. The normalized spacial score (nSPS) is 10.6. The van der Waals surface area contributed by atoms with Gasteiger partial charge in [-0.1, -0.05) is 6.07 Å². The number of nitrogens with one attached hydrogen (secondary N) is 1. The first-order valence-corrected chi connectivity index (χ1v) is 5.70. The molecular weight excluding hydrogens is 214 g/mol. The van der Waals surface area contributed by atoms with Crippen molar-refractivity contribution < 1.29 is 0 Å². The first-order valence-electron chi connectivity index (χ1n) is 5.70. The van der Waals surface area contributed by atoms with E-state index in [-0.39, 0.29) is 0 Å². The summed E-state index contributed by atoms with van der Waals surface area (Å²) in [4.78, 5) is 6.41. The second kappa shape index (κ2) is 6.84. The van der Waals surface area contributed by atoms with Gasteiger partial charge in [0.2, 0.25) is 0 Å². The van der Waals surface area contributed by atoms with Crippen molar-refractivity contribution in [2.24, 2.45) is 5.84 Å². The molecule has 0 aromatic carbocycles. The van der Waals surface area contributed by atoms with E-state index in [0.29, 0.717) is 18.3 Å². The predicted octanol–water partition coefficient (Wildman–Crippen LogP) is 1.49. The number of nitrogens with two attached hydrogens (primary N) is 1. The molecule has 0 aliphatic rings. The van der Waals surface area contributed by atoms with Gasteiger partial charge in [0.15, 0.2) is 0 Å². The highest BCUT2D eigenvalue weighted by Crippen LogP contribution is 2.10. The van der Waals surface area contributed by atoms with Crippen LogP contribution in [0.4, 0.5) is 5.82 Å². The van der Waals surface area contributed by atoms with E-state index in [2.05, 4.69) is 35.2 Å². The molecule has 1 aromatic rings. The molecule has 0 saturated heterocycles. The third kappa shape index (κ3) is 4.39. The largest absolute Gasteiger partial charge is 0.308 e. The van der Waals surface area contributed by atoms with E-state index in [1.54, 1.807) is 6.20 Å². The Kier molecular flexibility index (Phi) is 5.40. The summed E-state index contributed by atoms with van der Waals surface area (Å²) in [5.74, 6) is 5.91. The van der Waals surface area contributed by atoms with Crippen molar-refractivity contribution in [1.29, 1.82) is 5.26 Å². The van der Waals surface area contributed by atoms with Crippen LogP contribution < -0.4 is 11.3 Å². The smallest absolute Gasteiger partial charge is 0.139 e. The Hall–Kier alpha value is -1.64. The number of hydrogen-bond acceptors (Lipinski definition) is 5. The van der Waals surface area contributed by atoms with Gasteiger partial charge in [0.1, 0.15) is 5.82 Å². The van der Waals surface area contributed by atoms with E-state index in [4.69, 9.17) is 11.1 Å². The number of anilines is 1. The van der Waals surface area contributed by atoms with Crippen LogP contribution in [0.15, 0.2) is 18.3 Å². The molecule has 0 aliphatic carbocycles. The van der Waals surface area contributed by atoms with Crippen LogP contribution in [-0.4, -0.2) is 22.5 Å². The van der Waals surface area contributed by atoms with E-state index in [9.17, 15) is 0 Å². The van der Waals surface area contributed by atoms with E-state index in [1.165, 1.54) is 0 Å². The Morgan fingerprint density at radius 2 is 2.29 bits per heavy atom. The van der Waals surface area contributed by atoms with Gasteiger partial charge in [-0.3, -0.25) is 4.90 Å². The van der Waals surface area contributed by atoms with Crippen LogP contribution in [0.1, 0.15) is 25.8 Å². The fourth-order valence-corrected chi connectivity index (χ4v) is 1.55. The molecule has 3 N–H and O–H groups in total. The maximum absolute atomic E-state index is 8.62. The van der Waals surface area contributed by atoms with Crippen LogP contribution in [0, 0.1) is 11.3 Å². The minimum atomic E-state index is 0.413. The monoisotopic (exact) mass is 233 g/mol. The van der Waals surface area contributed by atoms with Crippen LogP contribution in [0.3, 0.4) is 0 Å². The third-order valence-corrected chi connectivity index (χ3v) is 2.60. The average Bonchev–Trinajstić information content (AvgIpc) is 2.35. The summed E-state index contributed by atoms with van der Waals surface area (Å²) in [6.45, 7) is 5.84. The van der Waals surface area contributed by atoms with Crippen LogP contribution >= 0.6 is 0 Å². The minimum Gasteiger partial charge on any atom is -0.308 e. The SMILES string of the molecule is CC(C)N(CCC#N)Cc1ccc(NN)nc1. The molecule has 0 bridgehead atoms. The Bertz CT molecular complexity index is 365. The number of nitrogen functional groups attached to an aromatic ring is 1. The molecule has 0 aliphatic heterocycles. The van der Waals surface area contributed by atoms with Crippen molar-refractivity contribution in [1.82, 2.24) is 9.88 Å². The van der Waals surface area contributed by atoms with Crippen molar-refractivity contribution in [3.63, 3.8) is 0 Å². The molecule has 0 unspecified atom stereocenters.